The molecule has 0 saturated heterocycles. The minimum Gasteiger partial charge on any atom is -0.384 e. The average molecular weight is 309 g/mol. The fourth-order valence-corrected chi connectivity index (χ4v) is 2.52. The lowest BCUT2D eigenvalue weighted by Crippen LogP contribution is -2.39. The van der Waals surface area contributed by atoms with E-state index in [2.05, 4.69) is 15.3 Å². The highest BCUT2D eigenvalue weighted by Gasteiger charge is 2.24. The summed E-state index contributed by atoms with van der Waals surface area (Å²) in [7, 11) is 1.61. The van der Waals surface area contributed by atoms with Crippen LogP contribution in [0, 0.1) is 6.92 Å². The third-order valence-electron chi connectivity index (χ3n) is 2.93. The van der Waals surface area contributed by atoms with Crippen LogP contribution in [0.2, 0.25) is 0 Å². The van der Waals surface area contributed by atoms with Gasteiger partial charge in [-0.25, -0.2) is 9.97 Å². The molecule has 0 aliphatic heterocycles. The SMILES string of the molecule is Cc1cc(N)nc(SCC(=O)N(C)CC(=O)NC2CC2)n1. The largest absolute Gasteiger partial charge is 0.384 e. The van der Waals surface area contributed by atoms with E-state index in [1.807, 2.05) is 6.92 Å². The number of carbonyl (C=O) groups is 2. The monoisotopic (exact) mass is 309 g/mol. The summed E-state index contributed by atoms with van der Waals surface area (Å²) < 4.78 is 0. The van der Waals surface area contributed by atoms with Gasteiger partial charge in [0.25, 0.3) is 0 Å². The standard InChI is InChI=1S/C13H19N5O2S/c1-8-5-10(14)17-13(15-8)21-7-12(20)18(2)6-11(19)16-9-3-4-9/h5,9H,3-4,6-7H2,1-2H3,(H,16,19)(H2,14,15,17). The Morgan fingerprint density at radius 1 is 1.48 bits per heavy atom. The number of hydrogen-bond acceptors (Lipinski definition) is 6. The van der Waals surface area contributed by atoms with Crippen LogP contribution in [-0.4, -0.2) is 52.1 Å². The van der Waals surface area contributed by atoms with Gasteiger partial charge in [-0.2, -0.15) is 0 Å². The Labute approximate surface area is 127 Å². The summed E-state index contributed by atoms with van der Waals surface area (Å²) in [6, 6.07) is 1.97. The number of anilines is 1. The van der Waals surface area contributed by atoms with Crippen LogP contribution in [0.25, 0.3) is 0 Å². The number of nitrogens with zero attached hydrogens (tertiary/aromatic N) is 3. The summed E-state index contributed by atoms with van der Waals surface area (Å²) in [5.74, 6) is 0.300. The molecule has 21 heavy (non-hydrogen) atoms. The molecule has 8 heteroatoms. The van der Waals surface area contributed by atoms with E-state index >= 15 is 0 Å². The van der Waals surface area contributed by atoms with Gasteiger partial charge in [0, 0.05) is 24.8 Å². The van der Waals surface area contributed by atoms with Gasteiger partial charge in [-0.05, 0) is 19.8 Å². The van der Waals surface area contributed by atoms with Gasteiger partial charge >= 0.3 is 0 Å². The Morgan fingerprint density at radius 2 is 2.19 bits per heavy atom. The maximum atomic E-state index is 12.0. The number of nitrogen functional groups attached to an aromatic ring is 1. The van der Waals surface area contributed by atoms with Crippen molar-refractivity contribution in [1.29, 1.82) is 0 Å². The number of likely N-dealkylation sites (N-methyl/N-ethyl adjacent to an activating group) is 1. The van der Waals surface area contributed by atoms with Gasteiger partial charge in [-0.3, -0.25) is 9.59 Å². The molecule has 1 aliphatic carbocycles. The molecule has 2 amide bonds. The molecule has 0 spiro atoms. The first kappa shape index (κ1) is 15.6. The van der Waals surface area contributed by atoms with Crippen LogP contribution >= 0.6 is 11.8 Å². The molecule has 0 atom stereocenters. The molecule has 0 aromatic carbocycles. The van der Waals surface area contributed by atoms with E-state index in [9.17, 15) is 9.59 Å². The number of hydrogen-bond donors (Lipinski definition) is 2. The zero-order valence-electron chi connectivity index (χ0n) is 12.1. The lowest BCUT2D eigenvalue weighted by Gasteiger charge is -2.16. The second-order valence-corrected chi connectivity index (χ2v) is 6.04. The fraction of sp³-hybridized carbons (Fsp3) is 0.538. The van der Waals surface area contributed by atoms with Gasteiger partial charge in [-0.1, -0.05) is 11.8 Å². The first-order valence-electron chi connectivity index (χ1n) is 6.71. The Hall–Kier alpha value is -1.83. The molecular formula is C13H19N5O2S. The van der Waals surface area contributed by atoms with E-state index in [-0.39, 0.29) is 24.1 Å². The fourth-order valence-electron chi connectivity index (χ4n) is 1.67. The molecule has 1 aromatic heterocycles. The van der Waals surface area contributed by atoms with E-state index in [0.717, 1.165) is 18.5 Å². The molecule has 7 nitrogen and oxygen atoms in total. The number of aromatic nitrogens is 2. The van der Waals surface area contributed by atoms with Crippen molar-refractivity contribution < 1.29 is 9.59 Å². The number of carbonyl (C=O) groups excluding carboxylic acids is 2. The van der Waals surface area contributed by atoms with E-state index in [1.54, 1.807) is 13.1 Å². The summed E-state index contributed by atoms with van der Waals surface area (Å²) in [5.41, 5.74) is 6.39. The van der Waals surface area contributed by atoms with Crippen molar-refractivity contribution in [2.45, 2.75) is 31.0 Å². The summed E-state index contributed by atoms with van der Waals surface area (Å²) in [6.07, 6.45) is 2.07. The smallest absolute Gasteiger partial charge is 0.239 e. The third kappa shape index (κ3) is 5.22. The second-order valence-electron chi connectivity index (χ2n) is 5.10. The Morgan fingerprint density at radius 3 is 2.81 bits per heavy atom. The highest BCUT2D eigenvalue weighted by Crippen LogP contribution is 2.18. The van der Waals surface area contributed by atoms with Crippen LogP contribution in [-0.2, 0) is 9.59 Å². The zero-order valence-corrected chi connectivity index (χ0v) is 12.9. The summed E-state index contributed by atoms with van der Waals surface area (Å²) in [4.78, 5) is 33.2. The van der Waals surface area contributed by atoms with Gasteiger partial charge in [0.1, 0.15) is 5.82 Å². The quantitative estimate of drug-likeness (QED) is 0.575. The van der Waals surface area contributed by atoms with Crippen molar-refractivity contribution in [3.8, 4) is 0 Å². The van der Waals surface area contributed by atoms with Crippen LogP contribution in [0.5, 0.6) is 0 Å². The van der Waals surface area contributed by atoms with Gasteiger partial charge in [0.15, 0.2) is 5.16 Å². The molecule has 1 heterocycles. The molecule has 0 unspecified atom stereocenters. The first-order valence-corrected chi connectivity index (χ1v) is 7.70. The molecule has 2 rings (SSSR count). The zero-order chi connectivity index (χ0) is 15.4. The van der Waals surface area contributed by atoms with Crippen LogP contribution in [0.15, 0.2) is 11.2 Å². The molecule has 0 bridgehead atoms. The maximum absolute atomic E-state index is 12.0. The van der Waals surface area contributed by atoms with Crippen molar-refractivity contribution in [2.24, 2.45) is 0 Å². The lowest BCUT2D eigenvalue weighted by atomic mass is 10.4. The normalized spacial score (nSPS) is 13.8. The number of thioether (sulfide) groups is 1. The Balaban J connectivity index is 1.78. The van der Waals surface area contributed by atoms with Crippen molar-refractivity contribution in [2.75, 3.05) is 25.1 Å². The summed E-state index contributed by atoms with van der Waals surface area (Å²) in [5, 5.41) is 3.32. The highest BCUT2D eigenvalue weighted by atomic mass is 32.2. The average Bonchev–Trinajstić information content (AvgIpc) is 3.18. The van der Waals surface area contributed by atoms with E-state index < -0.39 is 0 Å². The predicted molar refractivity (Wildman–Crippen MR) is 80.7 cm³/mol. The summed E-state index contributed by atoms with van der Waals surface area (Å²) in [6.45, 7) is 1.89. The Bertz CT molecular complexity index is 527. The summed E-state index contributed by atoms with van der Waals surface area (Å²) >= 11 is 1.21. The molecule has 114 valence electrons. The number of rotatable bonds is 6. The maximum Gasteiger partial charge on any atom is 0.239 e. The number of nitrogens with one attached hydrogen (secondary N) is 1. The minimum absolute atomic E-state index is 0.0761. The van der Waals surface area contributed by atoms with Crippen molar-refractivity contribution in [3.05, 3.63) is 11.8 Å². The molecule has 0 radical (unpaired) electrons. The van der Waals surface area contributed by atoms with Crippen molar-refractivity contribution >= 4 is 29.4 Å². The molecule has 3 N–H and O–H groups in total. The van der Waals surface area contributed by atoms with Crippen molar-refractivity contribution in [1.82, 2.24) is 20.2 Å². The lowest BCUT2D eigenvalue weighted by molar-refractivity contribution is -0.132. The number of aryl methyl sites for hydroxylation is 1. The topological polar surface area (TPSA) is 101 Å². The molecular weight excluding hydrogens is 290 g/mol. The Kier molecular flexibility index (Phi) is 5.00. The number of nitrogens with two attached hydrogens (primary N) is 1. The van der Waals surface area contributed by atoms with Gasteiger partial charge < -0.3 is 16.0 Å². The van der Waals surface area contributed by atoms with Crippen LogP contribution in [0.1, 0.15) is 18.5 Å². The van der Waals surface area contributed by atoms with Crippen LogP contribution in [0.3, 0.4) is 0 Å². The molecule has 1 aliphatic rings. The van der Waals surface area contributed by atoms with Crippen molar-refractivity contribution in [3.63, 3.8) is 0 Å². The van der Waals surface area contributed by atoms with E-state index in [0.29, 0.717) is 17.0 Å². The molecule has 1 saturated carbocycles. The third-order valence-corrected chi connectivity index (χ3v) is 3.76. The number of amides is 2. The minimum atomic E-state index is -0.144. The highest BCUT2D eigenvalue weighted by molar-refractivity contribution is 7.99. The van der Waals surface area contributed by atoms with Gasteiger partial charge in [0.2, 0.25) is 11.8 Å². The van der Waals surface area contributed by atoms with E-state index in [4.69, 9.17) is 5.73 Å². The van der Waals surface area contributed by atoms with Crippen LogP contribution < -0.4 is 11.1 Å². The van der Waals surface area contributed by atoms with Gasteiger partial charge in [0.05, 0.1) is 12.3 Å². The molecule has 1 fully saturated rings. The second kappa shape index (κ2) is 6.75. The van der Waals surface area contributed by atoms with Crippen LogP contribution in [0.4, 0.5) is 5.82 Å². The predicted octanol–water partition coefficient (Wildman–Crippen LogP) is 0.196. The van der Waals surface area contributed by atoms with Gasteiger partial charge in [-0.15, -0.1) is 0 Å². The van der Waals surface area contributed by atoms with E-state index in [1.165, 1.54) is 16.7 Å². The first-order chi connectivity index (χ1) is 9.94. The molecule has 1 aromatic rings.